The van der Waals surface area contributed by atoms with E-state index in [4.69, 9.17) is 11.6 Å². The van der Waals surface area contributed by atoms with Gasteiger partial charge in [0.15, 0.2) is 5.78 Å². The number of Topliss-reactive ketones (excluding diaryl/α,β-unsaturated/α-hetero) is 1. The van der Waals surface area contributed by atoms with Gasteiger partial charge in [-0.25, -0.2) is 9.50 Å². The smallest absolute Gasteiger partial charge is 0.253 e. The third kappa shape index (κ3) is 2.84. The molecular formula is C16H13ClN4OS. The Balaban J connectivity index is 1.62. The highest BCUT2D eigenvalue weighted by Gasteiger charge is 2.20. The van der Waals surface area contributed by atoms with Gasteiger partial charge in [0.05, 0.1) is 11.3 Å². The molecule has 4 rings (SSSR count). The molecule has 23 heavy (non-hydrogen) atoms. The van der Waals surface area contributed by atoms with Crippen LogP contribution in [0.3, 0.4) is 0 Å². The summed E-state index contributed by atoms with van der Waals surface area (Å²) in [6.45, 7) is 0. The predicted octanol–water partition coefficient (Wildman–Crippen LogP) is 3.59. The molecule has 0 atom stereocenters. The Morgan fingerprint density at radius 3 is 2.96 bits per heavy atom. The number of fused-ring (bicyclic) bond motifs is 2. The van der Waals surface area contributed by atoms with Gasteiger partial charge in [0.2, 0.25) is 5.16 Å². The summed E-state index contributed by atoms with van der Waals surface area (Å²) < 4.78 is 1.59. The van der Waals surface area contributed by atoms with E-state index in [1.54, 1.807) is 10.7 Å². The average Bonchev–Trinajstić information content (AvgIpc) is 2.94. The molecule has 0 aliphatic heterocycles. The van der Waals surface area contributed by atoms with Crippen LogP contribution in [0.1, 0.15) is 34.5 Å². The number of carbonyl (C=O) groups is 1. The minimum absolute atomic E-state index is 0.140. The molecule has 0 radical (unpaired) electrons. The third-order valence-electron chi connectivity index (χ3n) is 3.82. The van der Waals surface area contributed by atoms with Crippen molar-refractivity contribution in [2.45, 2.75) is 30.2 Å². The Morgan fingerprint density at radius 2 is 2.09 bits per heavy atom. The standard InChI is InChI=1S/C16H13ClN4OS/c17-12-5-2-1-4-10(12)9-23-16-19-15-18-13-6-3-7-14(22)11(13)8-21(15)20-16/h1-2,4-5,8H,3,6-7,9H2. The molecule has 0 amide bonds. The fourth-order valence-electron chi connectivity index (χ4n) is 2.63. The van der Waals surface area contributed by atoms with Crippen LogP contribution in [0.5, 0.6) is 0 Å². The molecule has 1 aromatic carbocycles. The van der Waals surface area contributed by atoms with E-state index in [2.05, 4.69) is 15.1 Å². The largest absolute Gasteiger partial charge is 0.294 e. The molecule has 0 saturated carbocycles. The van der Waals surface area contributed by atoms with E-state index < -0.39 is 0 Å². The lowest BCUT2D eigenvalue weighted by atomic mass is 9.96. The van der Waals surface area contributed by atoms with E-state index in [-0.39, 0.29) is 5.78 Å². The first-order valence-corrected chi connectivity index (χ1v) is 8.73. The molecule has 1 aliphatic carbocycles. The highest BCUT2D eigenvalue weighted by atomic mass is 35.5. The van der Waals surface area contributed by atoms with Crippen molar-refractivity contribution in [3.05, 3.63) is 52.3 Å². The lowest BCUT2D eigenvalue weighted by Gasteiger charge is -2.12. The Bertz CT molecular complexity index is 908. The van der Waals surface area contributed by atoms with Crippen molar-refractivity contribution in [2.24, 2.45) is 0 Å². The van der Waals surface area contributed by atoms with Gasteiger partial charge in [0.1, 0.15) is 0 Å². The minimum Gasteiger partial charge on any atom is -0.294 e. The Labute approximate surface area is 142 Å². The lowest BCUT2D eigenvalue weighted by molar-refractivity contribution is 0.0971. The van der Waals surface area contributed by atoms with Crippen molar-refractivity contribution in [2.75, 3.05) is 0 Å². The number of thioether (sulfide) groups is 1. The van der Waals surface area contributed by atoms with Gasteiger partial charge in [0, 0.05) is 23.4 Å². The second-order valence-corrected chi connectivity index (χ2v) is 6.75. The zero-order valence-electron chi connectivity index (χ0n) is 12.2. The summed E-state index contributed by atoms with van der Waals surface area (Å²) >= 11 is 7.67. The number of hydrogen-bond donors (Lipinski definition) is 0. The number of aromatic nitrogens is 4. The quantitative estimate of drug-likeness (QED) is 0.679. The molecule has 0 saturated heterocycles. The van der Waals surface area contributed by atoms with Crippen molar-refractivity contribution in [1.82, 2.24) is 19.6 Å². The van der Waals surface area contributed by atoms with Gasteiger partial charge in [0.25, 0.3) is 5.78 Å². The summed E-state index contributed by atoms with van der Waals surface area (Å²) in [5.74, 6) is 1.37. The van der Waals surface area contributed by atoms with Crippen molar-refractivity contribution in [1.29, 1.82) is 0 Å². The summed E-state index contributed by atoms with van der Waals surface area (Å²) in [4.78, 5) is 20.9. The monoisotopic (exact) mass is 344 g/mol. The number of hydrogen-bond acceptors (Lipinski definition) is 5. The highest BCUT2D eigenvalue weighted by Crippen LogP contribution is 2.25. The molecule has 0 unspecified atom stereocenters. The molecular weight excluding hydrogens is 332 g/mol. The second-order valence-electron chi connectivity index (χ2n) is 5.40. The number of rotatable bonds is 3. The van der Waals surface area contributed by atoms with Crippen LogP contribution < -0.4 is 0 Å². The van der Waals surface area contributed by atoms with Crippen LogP contribution in [-0.2, 0) is 12.2 Å². The van der Waals surface area contributed by atoms with E-state index in [1.165, 1.54) is 11.8 Å². The van der Waals surface area contributed by atoms with Crippen LogP contribution in [-0.4, -0.2) is 25.4 Å². The summed E-state index contributed by atoms with van der Waals surface area (Å²) in [6, 6.07) is 7.72. The Kier molecular flexibility index (Phi) is 3.79. The van der Waals surface area contributed by atoms with E-state index in [0.29, 0.717) is 28.7 Å². The molecule has 0 bridgehead atoms. The number of carbonyl (C=O) groups excluding carboxylic acids is 1. The van der Waals surface area contributed by atoms with Crippen LogP contribution in [0.25, 0.3) is 5.78 Å². The molecule has 0 fully saturated rings. The van der Waals surface area contributed by atoms with Gasteiger partial charge < -0.3 is 0 Å². The first-order chi connectivity index (χ1) is 11.2. The summed E-state index contributed by atoms with van der Waals surface area (Å²) in [5.41, 5.74) is 2.56. The van der Waals surface area contributed by atoms with E-state index in [1.807, 2.05) is 24.3 Å². The highest BCUT2D eigenvalue weighted by molar-refractivity contribution is 7.98. The molecule has 116 valence electrons. The van der Waals surface area contributed by atoms with Gasteiger partial charge in [-0.05, 0) is 24.5 Å². The summed E-state index contributed by atoms with van der Waals surface area (Å²) in [7, 11) is 0. The van der Waals surface area contributed by atoms with E-state index >= 15 is 0 Å². The minimum atomic E-state index is 0.140. The van der Waals surface area contributed by atoms with Crippen LogP contribution in [0.15, 0.2) is 35.6 Å². The van der Waals surface area contributed by atoms with Gasteiger partial charge >= 0.3 is 0 Å². The zero-order chi connectivity index (χ0) is 15.8. The first-order valence-electron chi connectivity index (χ1n) is 7.36. The maximum atomic E-state index is 12.0. The maximum absolute atomic E-state index is 12.0. The van der Waals surface area contributed by atoms with Crippen LogP contribution in [0.2, 0.25) is 5.02 Å². The first kappa shape index (κ1) is 14.7. The topological polar surface area (TPSA) is 60.2 Å². The van der Waals surface area contributed by atoms with Gasteiger partial charge in [-0.1, -0.05) is 41.6 Å². The normalized spacial score (nSPS) is 14.2. The van der Waals surface area contributed by atoms with Crippen LogP contribution in [0.4, 0.5) is 0 Å². The van der Waals surface area contributed by atoms with E-state index in [9.17, 15) is 4.79 Å². The van der Waals surface area contributed by atoms with Gasteiger partial charge in [-0.2, -0.15) is 4.98 Å². The zero-order valence-corrected chi connectivity index (χ0v) is 13.8. The Hall–Kier alpha value is -1.92. The van der Waals surface area contributed by atoms with Crippen molar-refractivity contribution < 1.29 is 4.79 Å². The molecule has 5 nitrogen and oxygen atoms in total. The molecule has 0 N–H and O–H groups in total. The van der Waals surface area contributed by atoms with Crippen LogP contribution >= 0.6 is 23.4 Å². The number of nitrogens with zero attached hydrogens (tertiary/aromatic N) is 4. The summed E-state index contributed by atoms with van der Waals surface area (Å²) in [6.07, 6.45) is 4.03. The van der Waals surface area contributed by atoms with Crippen molar-refractivity contribution in [3.63, 3.8) is 0 Å². The number of benzene rings is 1. The molecule has 3 aromatic rings. The Morgan fingerprint density at radius 1 is 1.22 bits per heavy atom. The molecule has 2 heterocycles. The third-order valence-corrected chi connectivity index (χ3v) is 5.08. The second kappa shape index (κ2) is 5.94. The summed E-state index contributed by atoms with van der Waals surface area (Å²) in [5, 5.41) is 5.78. The van der Waals surface area contributed by atoms with Crippen LogP contribution in [0, 0.1) is 0 Å². The fraction of sp³-hybridized carbons (Fsp3) is 0.250. The van der Waals surface area contributed by atoms with Crippen molar-refractivity contribution in [3.8, 4) is 0 Å². The number of halogens is 1. The lowest BCUT2D eigenvalue weighted by Crippen LogP contribution is -2.14. The van der Waals surface area contributed by atoms with Gasteiger partial charge in [-0.3, -0.25) is 4.79 Å². The average molecular weight is 345 g/mol. The molecule has 0 spiro atoms. The predicted molar refractivity (Wildman–Crippen MR) is 89.1 cm³/mol. The van der Waals surface area contributed by atoms with E-state index in [0.717, 1.165) is 29.1 Å². The van der Waals surface area contributed by atoms with Gasteiger partial charge in [-0.15, -0.1) is 5.10 Å². The maximum Gasteiger partial charge on any atom is 0.253 e. The van der Waals surface area contributed by atoms with Crippen molar-refractivity contribution >= 4 is 34.9 Å². The molecule has 1 aliphatic rings. The number of aryl methyl sites for hydroxylation is 1. The number of ketones is 1. The fourth-order valence-corrected chi connectivity index (χ4v) is 3.74. The molecule has 7 heteroatoms. The SMILES string of the molecule is O=C1CCCc2nc3nc(SCc4ccccc4Cl)nn3cc21. The molecule has 2 aromatic heterocycles.